The fourth-order valence-corrected chi connectivity index (χ4v) is 3.66. The number of carbonyl (C=O) groups is 3. The second kappa shape index (κ2) is 8.09. The van der Waals surface area contributed by atoms with Gasteiger partial charge < -0.3 is 10.4 Å². The quantitative estimate of drug-likeness (QED) is 0.495. The van der Waals surface area contributed by atoms with Gasteiger partial charge in [0.05, 0.1) is 8.48 Å². The lowest BCUT2D eigenvalue weighted by atomic mass is 10.2. The topological polar surface area (TPSA) is 86.7 Å². The Labute approximate surface area is 171 Å². The van der Waals surface area contributed by atoms with Gasteiger partial charge in [-0.15, -0.1) is 0 Å². The fraction of sp³-hybridized carbons (Fsp3) is 0.0556. The number of carbonyl (C=O) groups excluding carboxylic acids is 3. The predicted molar refractivity (Wildman–Crippen MR) is 109 cm³/mol. The van der Waals surface area contributed by atoms with Crippen molar-refractivity contribution in [1.29, 1.82) is 0 Å². The van der Waals surface area contributed by atoms with Gasteiger partial charge in [0.2, 0.25) is 5.91 Å². The van der Waals surface area contributed by atoms with Crippen LogP contribution >= 0.6 is 34.4 Å². The standard InChI is InChI=1S/C18H12FIN2O4S/c19-11-2-4-12(5-3-11)21-16(24)9-22-17(25)15(27-18(22)26)8-10-1-6-14(23)13(20)7-10/h1-8,23H,9H2,(H,21,24). The van der Waals surface area contributed by atoms with Crippen molar-refractivity contribution in [2.75, 3.05) is 11.9 Å². The molecule has 0 unspecified atom stereocenters. The molecule has 0 saturated carbocycles. The van der Waals surface area contributed by atoms with E-state index >= 15 is 0 Å². The van der Waals surface area contributed by atoms with Crippen molar-refractivity contribution in [3.05, 3.63) is 62.3 Å². The van der Waals surface area contributed by atoms with E-state index in [1.807, 2.05) is 22.6 Å². The van der Waals surface area contributed by atoms with Crippen LogP contribution in [0.25, 0.3) is 6.08 Å². The molecule has 138 valence electrons. The van der Waals surface area contributed by atoms with Gasteiger partial charge >= 0.3 is 0 Å². The second-order valence-electron chi connectivity index (χ2n) is 5.53. The number of hydrogen-bond acceptors (Lipinski definition) is 5. The zero-order valence-electron chi connectivity index (χ0n) is 13.6. The molecule has 0 radical (unpaired) electrons. The summed E-state index contributed by atoms with van der Waals surface area (Å²) in [5, 5.41) is 11.5. The zero-order valence-corrected chi connectivity index (χ0v) is 16.6. The first-order valence-electron chi connectivity index (χ1n) is 7.63. The average Bonchev–Trinajstić information content (AvgIpc) is 2.87. The number of thioether (sulfide) groups is 1. The molecular weight excluding hydrogens is 486 g/mol. The van der Waals surface area contributed by atoms with Crippen LogP contribution in [0.1, 0.15) is 5.56 Å². The third-order valence-corrected chi connectivity index (χ3v) is 5.34. The van der Waals surface area contributed by atoms with Crippen molar-refractivity contribution in [3.8, 4) is 5.75 Å². The Bertz CT molecular complexity index is 962. The first-order valence-corrected chi connectivity index (χ1v) is 9.52. The Balaban J connectivity index is 1.70. The van der Waals surface area contributed by atoms with Gasteiger partial charge in [-0.2, -0.15) is 0 Å². The van der Waals surface area contributed by atoms with Gasteiger partial charge in [-0.3, -0.25) is 19.3 Å². The van der Waals surface area contributed by atoms with Gasteiger partial charge in [0, 0.05) is 5.69 Å². The number of benzene rings is 2. The molecule has 27 heavy (non-hydrogen) atoms. The van der Waals surface area contributed by atoms with Crippen LogP contribution in [0, 0.1) is 9.39 Å². The Morgan fingerprint density at radius 3 is 2.59 bits per heavy atom. The lowest BCUT2D eigenvalue weighted by Crippen LogP contribution is -2.36. The summed E-state index contributed by atoms with van der Waals surface area (Å²) in [7, 11) is 0. The molecule has 1 fully saturated rings. The van der Waals surface area contributed by atoms with Gasteiger partial charge in [0.25, 0.3) is 11.1 Å². The van der Waals surface area contributed by atoms with Crippen LogP contribution in [-0.4, -0.2) is 33.6 Å². The number of phenols is 1. The Morgan fingerprint density at radius 1 is 1.22 bits per heavy atom. The van der Waals surface area contributed by atoms with E-state index in [0.717, 1.165) is 16.7 Å². The highest BCUT2D eigenvalue weighted by Gasteiger charge is 2.36. The van der Waals surface area contributed by atoms with Crippen LogP contribution < -0.4 is 5.32 Å². The van der Waals surface area contributed by atoms with Crippen LogP contribution in [0.4, 0.5) is 14.9 Å². The van der Waals surface area contributed by atoms with E-state index in [-0.39, 0.29) is 10.7 Å². The van der Waals surface area contributed by atoms with E-state index in [4.69, 9.17) is 0 Å². The smallest absolute Gasteiger partial charge is 0.294 e. The molecule has 0 spiro atoms. The predicted octanol–water partition coefficient (Wildman–Crippen LogP) is 3.81. The van der Waals surface area contributed by atoms with Crippen LogP contribution in [0.3, 0.4) is 0 Å². The van der Waals surface area contributed by atoms with Crippen molar-refractivity contribution < 1.29 is 23.9 Å². The maximum Gasteiger partial charge on any atom is 0.294 e. The summed E-state index contributed by atoms with van der Waals surface area (Å²) >= 11 is 2.69. The number of phenolic OH excluding ortho intramolecular Hbond substituents is 1. The molecule has 0 aliphatic carbocycles. The second-order valence-corrected chi connectivity index (χ2v) is 7.69. The van der Waals surface area contributed by atoms with E-state index in [0.29, 0.717) is 14.8 Å². The minimum absolute atomic E-state index is 0.123. The SMILES string of the molecule is O=C(CN1C(=O)SC(=Cc2ccc(O)c(I)c2)C1=O)Nc1ccc(F)cc1. The van der Waals surface area contributed by atoms with Gasteiger partial charge in [-0.25, -0.2) is 4.39 Å². The molecule has 9 heteroatoms. The molecule has 3 rings (SSSR count). The van der Waals surface area contributed by atoms with Crippen molar-refractivity contribution in [2.24, 2.45) is 0 Å². The Hall–Kier alpha value is -2.40. The lowest BCUT2D eigenvalue weighted by Gasteiger charge is -2.12. The fourth-order valence-electron chi connectivity index (χ4n) is 2.28. The van der Waals surface area contributed by atoms with Crippen LogP contribution in [0.2, 0.25) is 0 Å². The normalized spacial score (nSPS) is 15.5. The summed E-state index contributed by atoms with van der Waals surface area (Å²) in [6, 6.07) is 9.93. The molecule has 0 bridgehead atoms. The first kappa shape index (κ1) is 19.4. The molecule has 0 aromatic heterocycles. The van der Waals surface area contributed by atoms with Gasteiger partial charge in [0.15, 0.2) is 0 Å². The lowest BCUT2D eigenvalue weighted by molar-refractivity contribution is -0.127. The molecular formula is C18H12FIN2O4S. The van der Waals surface area contributed by atoms with Crippen molar-refractivity contribution in [2.45, 2.75) is 0 Å². The Morgan fingerprint density at radius 2 is 1.93 bits per heavy atom. The summed E-state index contributed by atoms with van der Waals surface area (Å²) < 4.78 is 13.5. The number of rotatable bonds is 4. The van der Waals surface area contributed by atoms with E-state index in [2.05, 4.69) is 5.32 Å². The summed E-state index contributed by atoms with van der Waals surface area (Å²) in [5.74, 6) is -1.45. The summed E-state index contributed by atoms with van der Waals surface area (Å²) in [5.41, 5.74) is 1.01. The Kier molecular flexibility index (Phi) is 5.80. The number of aromatic hydroxyl groups is 1. The first-order chi connectivity index (χ1) is 12.8. The maximum absolute atomic E-state index is 12.9. The number of halogens is 2. The largest absolute Gasteiger partial charge is 0.507 e. The van der Waals surface area contributed by atoms with Crippen LogP contribution in [0.15, 0.2) is 47.4 Å². The number of nitrogens with zero attached hydrogens (tertiary/aromatic N) is 1. The van der Waals surface area contributed by atoms with Crippen molar-refractivity contribution in [1.82, 2.24) is 4.90 Å². The monoisotopic (exact) mass is 498 g/mol. The van der Waals surface area contributed by atoms with Gasteiger partial charge in [-0.1, -0.05) is 6.07 Å². The molecule has 1 saturated heterocycles. The number of anilines is 1. The summed E-state index contributed by atoms with van der Waals surface area (Å²) in [6.45, 7) is -0.438. The highest BCUT2D eigenvalue weighted by molar-refractivity contribution is 14.1. The van der Waals surface area contributed by atoms with E-state index < -0.39 is 29.4 Å². The van der Waals surface area contributed by atoms with Gasteiger partial charge in [0.1, 0.15) is 18.1 Å². The van der Waals surface area contributed by atoms with E-state index in [9.17, 15) is 23.9 Å². The van der Waals surface area contributed by atoms with Crippen LogP contribution in [-0.2, 0) is 9.59 Å². The highest BCUT2D eigenvalue weighted by Crippen LogP contribution is 2.33. The number of nitrogens with one attached hydrogen (secondary N) is 1. The molecule has 0 atom stereocenters. The summed E-state index contributed by atoms with van der Waals surface area (Å²) in [4.78, 5) is 37.7. The molecule has 2 aromatic carbocycles. The van der Waals surface area contributed by atoms with Gasteiger partial charge in [-0.05, 0) is 82.4 Å². The van der Waals surface area contributed by atoms with E-state index in [1.165, 1.54) is 36.4 Å². The molecule has 3 amide bonds. The average molecular weight is 498 g/mol. The molecule has 6 nitrogen and oxygen atoms in total. The molecule has 2 N–H and O–H groups in total. The number of hydrogen-bond donors (Lipinski definition) is 2. The molecule has 2 aromatic rings. The maximum atomic E-state index is 12.9. The zero-order chi connectivity index (χ0) is 19.6. The highest BCUT2D eigenvalue weighted by atomic mass is 127. The number of amides is 3. The molecule has 1 heterocycles. The third kappa shape index (κ3) is 4.66. The molecule has 1 aliphatic rings. The minimum Gasteiger partial charge on any atom is -0.507 e. The van der Waals surface area contributed by atoms with Crippen molar-refractivity contribution in [3.63, 3.8) is 0 Å². The molecule has 1 aliphatic heterocycles. The minimum atomic E-state index is -0.567. The summed E-state index contributed by atoms with van der Waals surface area (Å²) in [6.07, 6.45) is 1.53. The van der Waals surface area contributed by atoms with Crippen molar-refractivity contribution >= 4 is 63.2 Å². The third-order valence-electron chi connectivity index (χ3n) is 3.57. The van der Waals surface area contributed by atoms with Crippen LogP contribution in [0.5, 0.6) is 5.75 Å². The number of imide groups is 1. The van der Waals surface area contributed by atoms with E-state index in [1.54, 1.807) is 12.1 Å².